The maximum atomic E-state index is 10.4. The zero-order valence-corrected chi connectivity index (χ0v) is 5.63. The van der Waals surface area contributed by atoms with Gasteiger partial charge in [0, 0.05) is 0 Å². The third-order valence-electron chi connectivity index (χ3n) is 1.83. The largest absolute Gasteiger partial charge is 0.479 e. The van der Waals surface area contributed by atoms with E-state index in [-0.39, 0.29) is 0 Å². The Bertz CT molecular complexity index is 140. The summed E-state index contributed by atoms with van der Waals surface area (Å²) in [6.45, 7) is 1.17. The van der Waals surface area contributed by atoms with Gasteiger partial charge in [0.15, 0.2) is 5.60 Å². The second-order valence-electron chi connectivity index (χ2n) is 2.59. The molecule has 4 nitrogen and oxygen atoms in total. The van der Waals surface area contributed by atoms with Crippen LogP contribution < -0.4 is 5.32 Å². The van der Waals surface area contributed by atoms with E-state index in [0.29, 0.717) is 25.9 Å². The number of aliphatic carboxylic acids is 1. The summed E-state index contributed by atoms with van der Waals surface area (Å²) >= 11 is 0. The number of carboxylic acid groups (broad SMARTS) is 1. The van der Waals surface area contributed by atoms with Crippen LogP contribution >= 0.6 is 0 Å². The fraction of sp³-hybridized carbons (Fsp3) is 0.833. The van der Waals surface area contributed by atoms with E-state index in [1.165, 1.54) is 0 Å². The highest BCUT2D eigenvalue weighted by Crippen LogP contribution is 2.17. The number of nitrogens with one attached hydrogen (secondary N) is 1. The van der Waals surface area contributed by atoms with Gasteiger partial charge in [-0.2, -0.15) is 0 Å². The van der Waals surface area contributed by atoms with Crippen LogP contribution in [0.2, 0.25) is 0 Å². The van der Waals surface area contributed by atoms with Crippen molar-refractivity contribution in [2.75, 3.05) is 13.1 Å². The first kappa shape index (κ1) is 7.50. The van der Waals surface area contributed by atoms with Gasteiger partial charge in [-0.3, -0.25) is 0 Å². The van der Waals surface area contributed by atoms with Crippen molar-refractivity contribution in [3.63, 3.8) is 0 Å². The molecule has 10 heavy (non-hydrogen) atoms. The first-order chi connectivity index (χ1) is 4.65. The molecule has 0 unspecified atom stereocenters. The van der Waals surface area contributed by atoms with Crippen LogP contribution in [0.5, 0.6) is 0 Å². The molecule has 3 N–H and O–H groups in total. The van der Waals surface area contributed by atoms with Crippen LogP contribution in [0.4, 0.5) is 0 Å². The Labute approximate surface area is 58.9 Å². The van der Waals surface area contributed by atoms with Gasteiger partial charge in [0.05, 0.1) is 0 Å². The minimum Gasteiger partial charge on any atom is -0.479 e. The van der Waals surface area contributed by atoms with E-state index < -0.39 is 11.6 Å². The Balaban J connectivity index is 2.56. The lowest BCUT2D eigenvalue weighted by Crippen LogP contribution is -2.47. The molecule has 4 heteroatoms. The molecule has 0 spiro atoms. The van der Waals surface area contributed by atoms with Gasteiger partial charge >= 0.3 is 5.97 Å². The number of carbonyl (C=O) groups is 1. The molecule has 0 amide bonds. The zero-order chi connectivity index (χ0) is 7.61. The van der Waals surface area contributed by atoms with E-state index in [2.05, 4.69) is 5.32 Å². The molecule has 0 aromatic heterocycles. The summed E-state index contributed by atoms with van der Waals surface area (Å²) in [7, 11) is 0. The molecule has 1 saturated heterocycles. The first-order valence-corrected chi connectivity index (χ1v) is 3.32. The van der Waals surface area contributed by atoms with E-state index in [4.69, 9.17) is 5.11 Å². The molecular formula is C6H11NO3. The van der Waals surface area contributed by atoms with Crippen molar-refractivity contribution in [3.05, 3.63) is 0 Å². The number of rotatable bonds is 1. The Morgan fingerprint density at radius 1 is 1.40 bits per heavy atom. The Morgan fingerprint density at radius 3 is 2.20 bits per heavy atom. The number of hydrogen-bond acceptors (Lipinski definition) is 3. The maximum absolute atomic E-state index is 10.4. The van der Waals surface area contributed by atoms with Crippen molar-refractivity contribution in [2.24, 2.45) is 0 Å². The summed E-state index contributed by atoms with van der Waals surface area (Å²) in [5.41, 5.74) is -1.47. The molecule has 1 fully saturated rings. The highest BCUT2D eigenvalue weighted by Gasteiger charge is 2.36. The molecule has 0 bridgehead atoms. The molecule has 0 aliphatic carbocycles. The summed E-state index contributed by atoms with van der Waals surface area (Å²) in [5, 5.41) is 20.8. The molecule has 0 radical (unpaired) electrons. The second kappa shape index (κ2) is 2.56. The van der Waals surface area contributed by atoms with Crippen molar-refractivity contribution in [2.45, 2.75) is 18.4 Å². The third kappa shape index (κ3) is 1.27. The molecule has 58 valence electrons. The van der Waals surface area contributed by atoms with Gasteiger partial charge in [-0.15, -0.1) is 0 Å². The Morgan fingerprint density at radius 2 is 1.90 bits per heavy atom. The van der Waals surface area contributed by atoms with Gasteiger partial charge in [0.2, 0.25) is 0 Å². The van der Waals surface area contributed by atoms with Crippen molar-refractivity contribution >= 4 is 5.97 Å². The first-order valence-electron chi connectivity index (χ1n) is 3.32. The van der Waals surface area contributed by atoms with Gasteiger partial charge in [-0.25, -0.2) is 4.79 Å². The van der Waals surface area contributed by atoms with Crippen LogP contribution in [0.1, 0.15) is 12.8 Å². The van der Waals surface area contributed by atoms with Gasteiger partial charge in [-0.05, 0) is 25.9 Å². The molecule has 0 aromatic carbocycles. The minimum absolute atomic E-state index is 0.308. The SMILES string of the molecule is O=C(O)C1(O)CCNCC1. The van der Waals surface area contributed by atoms with Crippen LogP contribution in [0.3, 0.4) is 0 Å². The van der Waals surface area contributed by atoms with Crippen LogP contribution in [-0.4, -0.2) is 34.9 Å². The van der Waals surface area contributed by atoms with Crippen molar-refractivity contribution in [3.8, 4) is 0 Å². The van der Waals surface area contributed by atoms with E-state index in [1.54, 1.807) is 0 Å². The molecule has 1 rings (SSSR count). The molecule has 1 heterocycles. The predicted molar refractivity (Wildman–Crippen MR) is 34.7 cm³/mol. The zero-order valence-electron chi connectivity index (χ0n) is 5.63. The fourth-order valence-electron chi connectivity index (χ4n) is 1.05. The smallest absolute Gasteiger partial charge is 0.335 e. The lowest BCUT2D eigenvalue weighted by atomic mass is 9.93. The third-order valence-corrected chi connectivity index (χ3v) is 1.83. The quantitative estimate of drug-likeness (QED) is 0.451. The van der Waals surface area contributed by atoms with Crippen molar-refractivity contribution < 1.29 is 15.0 Å². The number of carboxylic acids is 1. The monoisotopic (exact) mass is 145 g/mol. The van der Waals surface area contributed by atoms with Crippen LogP contribution in [0.15, 0.2) is 0 Å². The van der Waals surface area contributed by atoms with E-state index in [1.807, 2.05) is 0 Å². The highest BCUT2D eigenvalue weighted by atomic mass is 16.4. The van der Waals surface area contributed by atoms with Crippen LogP contribution in [0.25, 0.3) is 0 Å². The molecule has 0 aromatic rings. The average molecular weight is 145 g/mol. The summed E-state index contributed by atoms with van der Waals surface area (Å²) in [6, 6.07) is 0. The highest BCUT2D eigenvalue weighted by molar-refractivity contribution is 5.77. The van der Waals surface area contributed by atoms with Gasteiger partial charge < -0.3 is 15.5 Å². The van der Waals surface area contributed by atoms with Gasteiger partial charge in [-0.1, -0.05) is 0 Å². The molecule has 0 atom stereocenters. The molecular weight excluding hydrogens is 134 g/mol. The van der Waals surface area contributed by atoms with Gasteiger partial charge in [0.1, 0.15) is 0 Å². The average Bonchev–Trinajstić information content (AvgIpc) is 1.89. The van der Waals surface area contributed by atoms with E-state index in [9.17, 15) is 9.90 Å². The normalized spacial score (nSPS) is 24.1. The Hall–Kier alpha value is -0.610. The van der Waals surface area contributed by atoms with E-state index in [0.717, 1.165) is 0 Å². The minimum atomic E-state index is -1.47. The standard InChI is InChI=1S/C6H11NO3/c8-5(9)6(10)1-3-7-4-2-6/h7,10H,1-4H2,(H,8,9). The number of aliphatic hydroxyl groups is 1. The topological polar surface area (TPSA) is 69.6 Å². The lowest BCUT2D eigenvalue weighted by molar-refractivity contribution is -0.161. The number of piperidine rings is 1. The summed E-state index contributed by atoms with van der Waals surface area (Å²) in [5.74, 6) is -1.10. The number of hydrogen-bond donors (Lipinski definition) is 3. The molecule has 1 aliphatic heterocycles. The van der Waals surface area contributed by atoms with Crippen LogP contribution in [0, 0.1) is 0 Å². The molecule has 0 saturated carbocycles. The molecule has 1 aliphatic rings. The van der Waals surface area contributed by atoms with Crippen molar-refractivity contribution in [1.29, 1.82) is 0 Å². The summed E-state index contributed by atoms with van der Waals surface area (Å²) < 4.78 is 0. The summed E-state index contributed by atoms with van der Waals surface area (Å²) in [4.78, 5) is 10.4. The summed E-state index contributed by atoms with van der Waals surface area (Å²) in [6.07, 6.45) is 0.616. The second-order valence-corrected chi connectivity index (χ2v) is 2.59. The fourth-order valence-corrected chi connectivity index (χ4v) is 1.05. The predicted octanol–water partition coefficient (Wildman–Crippen LogP) is -0.815. The lowest BCUT2D eigenvalue weighted by Gasteiger charge is -2.27. The van der Waals surface area contributed by atoms with Gasteiger partial charge in [0.25, 0.3) is 0 Å². The van der Waals surface area contributed by atoms with Crippen molar-refractivity contribution in [1.82, 2.24) is 5.32 Å². The maximum Gasteiger partial charge on any atom is 0.335 e. The van der Waals surface area contributed by atoms with E-state index >= 15 is 0 Å². The van der Waals surface area contributed by atoms with Crippen LogP contribution in [-0.2, 0) is 4.79 Å². The Kier molecular flexibility index (Phi) is 1.92.